The molecule has 5 nitrogen and oxygen atoms in total. The third-order valence-electron chi connectivity index (χ3n) is 2.93. The van der Waals surface area contributed by atoms with Crippen molar-refractivity contribution in [1.29, 1.82) is 0 Å². The van der Waals surface area contributed by atoms with Gasteiger partial charge in [0.15, 0.2) is 9.84 Å². The van der Waals surface area contributed by atoms with Gasteiger partial charge in [-0.25, -0.2) is 8.42 Å². The number of sulfone groups is 1. The predicted molar refractivity (Wildman–Crippen MR) is 89.6 cm³/mol. The minimum absolute atomic E-state index is 0.0325. The van der Waals surface area contributed by atoms with Crippen LogP contribution in [-0.2, 0) is 9.84 Å². The minimum atomic E-state index is -3.57. The SMILES string of the molecule is CC(C)(O)COc1c(-c2ccccn2)cc(Cl)cc1S(C)(=O)=O. The van der Waals surface area contributed by atoms with E-state index in [1.54, 1.807) is 44.3 Å². The zero-order chi connectivity index (χ0) is 17.3. The Balaban J connectivity index is 2.67. The summed E-state index contributed by atoms with van der Waals surface area (Å²) in [6, 6.07) is 8.20. The van der Waals surface area contributed by atoms with Crippen LogP contribution in [0, 0.1) is 0 Å². The Morgan fingerprint density at radius 3 is 2.52 bits per heavy atom. The molecule has 2 aromatic rings. The maximum absolute atomic E-state index is 12.1. The molecule has 0 aliphatic heterocycles. The number of aliphatic hydroxyl groups is 1. The van der Waals surface area contributed by atoms with Crippen LogP contribution in [0.15, 0.2) is 41.4 Å². The largest absolute Gasteiger partial charge is 0.489 e. The first kappa shape index (κ1) is 17.7. The Bertz CT molecular complexity index is 799. The number of ether oxygens (including phenoxy) is 1. The lowest BCUT2D eigenvalue weighted by Gasteiger charge is -2.21. The van der Waals surface area contributed by atoms with Gasteiger partial charge in [0.1, 0.15) is 17.3 Å². The first-order chi connectivity index (χ1) is 10.6. The molecule has 2 rings (SSSR count). The van der Waals surface area contributed by atoms with Crippen LogP contribution in [0.5, 0.6) is 5.75 Å². The molecular weight excluding hydrogens is 338 g/mol. The summed E-state index contributed by atoms with van der Waals surface area (Å²) in [6.45, 7) is 3.07. The molecule has 0 atom stereocenters. The van der Waals surface area contributed by atoms with E-state index >= 15 is 0 Å². The second-order valence-electron chi connectivity index (χ2n) is 5.87. The highest BCUT2D eigenvalue weighted by molar-refractivity contribution is 7.90. The summed E-state index contributed by atoms with van der Waals surface area (Å²) in [5, 5.41) is 10.1. The molecule has 0 saturated heterocycles. The lowest BCUT2D eigenvalue weighted by Crippen LogP contribution is -2.28. The van der Waals surface area contributed by atoms with Crippen molar-refractivity contribution in [2.75, 3.05) is 12.9 Å². The summed E-state index contributed by atoms with van der Waals surface area (Å²) in [5.41, 5.74) is -0.121. The average molecular weight is 356 g/mol. The van der Waals surface area contributed by atoms with E-state index in [-0.39, 0.29) is 22.3 Å². The van der Waals surface area contributed by atoms with Crippen LogP contribution in [0.2, 0.25) is 5.02 Å². The number of rotatable bonds is 5. The van der Waals surface area contributed by atoms with Crippen molar-refractivity contribution in [1.82, 2.24) is 4.98 Å². The quantitative estimate of drug-likeness (QED) is 0.892. The fraction of sp³-hybridized carbons (Fsp3) is 0.312. The average Bonchev–Trinajstić information content (AvgIpc) is 2.44. The van der Waals surface area contributed by atoms with Crippen LogP contribution in [0.3, 0.4) is 0 Å². The molecule has 0 saturated carbocycles. The van der Waals surface area contributed by atoms with Gasteiger partial charge in [-0.15, -0.1) is 0 Å². The summed E-state index contributed by atoms with van der Waals surface area (Å²) < 4.78 is 29.8. The Kier molecular flexibility index (Phi) is 4.98. The van der Waals surface area contributed by atoms with E-state index in [1.807, 2.05) is 0 Å². The lowest BCUT2D eigenvalue weighted by molar-refractivity contribution is 0.0276. The smallest absolute Gasteiger partial charge is 0.179 e. The van der Waals surface area contributed by atoms with Crippen molar-refractivity contribution in [2.45, 2.75) is 24.3 Å². The monoisotopic (exact) mass is 355 g/mol. The number of pyridine rings is 1. The Labute approximate surface area is 140 Å². The zero-order valence-electron chi connectivity index (χ0n) is 13.1. The maximum Gasteiger partial charge on any atom is 0.179 e. The molecule has 124 valence electrons. The third-order valence-corrected chi connectivity index (χ3v) is 4.25. The highest BCUT2D eigenvalue weighted by Crippen LogP contribution is 2.38. The molecule has 0 fully saturated rings. The molecular formula is C16H18ClNO4S. The fourth-order valence-electron chi connectivity index (χ4n) is 1.95. The van der Waals surface area contributed by atoms with Crippen LogP contribution in [0.1, 0.15) is 13.8 Å². The molecule has 0 unspecified atom stereocenters. The highest BCUT2D eigenvalue weighted by atomic mass is 35.5. The summed E-state index contributed by atoms with van der Waals surface area (Å²) in [4.78, 5) is 4.19. The molecule has 7 heteroatoms. The molecule has 1 aromatic carbocycles. The van der Waals surface area contributed by atoms with E-state index in [9.17, 15) is 13.5 Å². The van der Waals surface area contributed by atoms with Gasteiger partial charge in [-0.2, -0.15) is 0 Å². The van der Waals surface area contributed by atoms with Crippen molar-refractivity contribution in [3.63, 3.8) is 0 Å². The van der Waals surface area contributed by atoms with Crippen LogP contribution < -0.4 is 4.74 Å². The number of nitrogens with zero attached hydrogens (tertiary/aromatic N) is 1. The Morgan fingerprint density at radius 2 is 2.00 bits per heavy atom. The van der Waals surface area contributed by atoms with E-state index in [0.29, 0.717) is 11.3 Å². The predicted octanol–water partition coefficient (Wildman–Crippen LogP) is 2.96. The van der Waals surface area contributed by atoms with Gasteiger partial charge in [0.2, 0.25) is 0 Å². The van der Waals surface area contributed by atoms with Gasteiger partial charge in [-0.05, 0) is 38.1 Å². The Morgan fingerprint density at radius 1 is 1.30 bits per heavy atom. The van der Waals surface area contributed by atoms with Crippen LogP contribution in [0.4, 0.5) is 0 Å². The van der Waals surface area contributed by atoms with Gasteiger partial charge in [0.05, 0.1) is 11.3 Å². The first-order valence-corrected chi connectivity index (χ1v) is 9.15. The molecule has 0 aliphatic rings. The molecule has 0 amide bonds. The Hall–Kier alpha value is -1.63. The van der Waals surface area contributed by atoms with Gasteiger partial charge in [-0.3, -0.25) is 4.98 Å². The van der Waals surface area contributed by atoms with Crippen molar-refractivity contribution < 1.29 is 18.3 Å². The van der Waals surface area contributed by atoms with E-state index in [1.165, 1.54) is 6.07 Å². The molecule has 1 N–H and O–H groups in total. The standard InChI is InChI=1S/C16H18ClNO4S/c1-16(2,19)10-22-15-12(13-6-4-5-7-18-13)8-11(17)9-14(15)23(3,20)21/h4-9,19H,10H2,1-3H3. The number of halogens is 1. The molecule has 1 aromatic heterocycles. The number of hydrogen-bond donors (Lipinski definition) is 1. The summed E-state index contributed by atoms with van der Waals surface area (Å²) in [6.07, 6.45) is 2.67. The van der Waals surface area contributed by atoms with E-state index < -0.39 is 15.4 Å². The molecule has 0 bridgehead atoms. The topological polar surface area (TPSA) is 76.5 Å². The highest BCUT2D eigenvalue weighted by Gasteiger charge is 2.23. The second kappa shape index (κ2) is 6.47. The third kappa shape index (κ3) is 4.67. The van der Waals surface area contributed by atoms with Gasteiger partial charge >= 0.3 is 0 Å². The van der Waals surface area contributed by atoms with Gasteiger partial charge in [0.25, 0.3) is 0 Å². The second-order valence-corrected chi connectivity index (χ2v) is 8.29. The van der Waals surface area contributed by atoms with E-state index in [2.05, 4.69) is 4.98 Å². The van der Waals surface area contributed by atoms with E-state index in [0.717, 1.165) is 6.26 Å². The summed E-state index contributed by atoms with van der Waals surface area (Å²) in [7, 11) is -3.57. The normalized spacial score (nSPS) is 12.2. The molecule has 1 heterocycles. The molecule has 0 spiro atoms. The molecule has 23 heavy (non-hydrogen) atoms. The molecule has 0 aliphatic carbocycles. The number of benzene rings is 1. The summed E-state index contributed by atoms with van der Waals surface area (Å²) >= 11 is 6.07. The summed E-state index contributed by atoms with van der Waals surface area (Å²) in [5.74, 6) is 0.137. The van der Waals surface area contributed by atoms with Crippen molar-refractivity contribution in [2.24, 2.45) is 0 Å². The van der Waals surface area contributed by atoms with Crippen molar-refractivity contribution >= 4 is 21.4 Å². The van der Waals surface area contributed by atoms with Crippen molar-refractivity contribution in [3.8, 4) is 17.0 Å². The lowest BCUT2D eigenvalue weighted by atomic mass is 10.1. The minimum Gasteiger partial charge on any atom is -0.489 e. The van der Waals surface area contributed by atoms with Gasteiger partial charge in [-0.1, -0.05) is 17.7 Å². The first-order valence-electron chi connectivity index (χ1n) is 6.88. The zero-order valence-corrected chi connectivity index (χ0v) is 14.6. The van der Waals surface area contributed by atoms with Crippen LogP contribution in [-0.4, -0.2) is 37.0 Å². The van der Waals surface area contributed by atoms with Crippen LogP contribution >= 0.6 is 11.6 Å². The maximum atomic E-state index is 12.1. The number of hydrogen-bond acceptors (Lipinski definition) is 5. The van der Waals surface area contributed by atoms with Gasteiger partial charge < -0.3 is 9.84 Å². The van der Waals surface area contributed by atoms with Crippen molar-refractivity contribution in [3.05, 3.63) is 41.6 Å². The van der Waals surface area contributed by atoms with Gasteiger partial charge in [0, 0.05) is 23.0 Å². The number of aromatic nitrogens is 1. The van der Waals surface area contributed by atoms with E-state index in [4.69, 9.17) is 16.3 Å². The van der Waals surface area contributed by atoms with Crippen LogP contribution in [0.25, 0.3) is 11.3 Å². The molecule has 0 radical (unpaired) electrons. The fourth-order valence-corrected chi connectivity index (χ4v) is 3.08.